The molecule has 6 atom stereocenters. The molecule has 3 aliphatic heterocycles. The second-order valence-corrected chi connectivity index (χ2v) is 11.1. The van der Waals surface area contributed by atoms with Gasteiger partial charge in [-0.3, -0.25) is 14.7 Å². The maximum Gasteiger partial charge on any atom is 0.0704 e. The van der Waals surface area contributed by atoms with Gasteiger partial charge in [0, 0.05) is 57.9 Å². The summed E-state index contributed by atoms with van der Waals surface area (Å²) in [6.07, 6.45) is 6.65. The van der Waals surface area contributed by atoms with E-state index in [0.29, 0.717) is 36.6 Å². The number of hydrogen-bond donors (Lipinski definition) is 0. The molecule has 0 aromatic heterocycles. The van der Waals surface area contributed by atoms with E-state index in [2.05, 4.69) is 63.2 Å². The first-order chi connectivity index (χ1) is 15.2. The summed E-state index contributed by atoms with van der Waals surface area (Å²) in [4.78, 5) is 8.05. The highest BCUT2D eigenvalue weighted by molar-refractivity contribution is 4.94. The summed E-state index contributed by atoms with van der Waals surface area (Å²) >= 11 is 0. The maximum atomic E-state index is 6.36. The van der Waals surface area contributed by atoms with Gasteiger partial charge in [-0.25, -0.2) is 0 Å². The van der Waals surface area contributed by atoms with Crippen LogP contribution >= 0.6 is 0 Å². The van der Waals surface area contributed by atoms with Gasteiger partial charge >= 0.3 is 0 Å². The molecule has 0 aromatic rings. The Balaban J connectivity index is 1.68. The van der Waals surface area contributed by atoms with Crippen molar-refractivity contribution in [3.63, 3.8) is 0 Å². The van der Waals surface area contributed by atoms with Crippen molar-refractivity contribution in [2.24, 2.45) is 0 Å². The third-order valence-electron chi connectivity index (χ3n) is 7.83. The zero-order chi connectivity index (χ0) is 23.3. The zero-order valence-corrected chi connectivity index (χ0v) is 22.0. The average molecular weight is 454 g/mol. The van der Waals surface area contributed by atoms with E-state index in [9.17, 15) is 0 Å². The molecule has 0 aliphatic carbocycles. The fourth-order valence-corrected chi connectivity index (χ4v) is 5.99. The minimum atomic E-state index is 0.181. The van der Waals surface area contributed by atoms with Gasteiger partial charge in [0.1, 0.15) is 0 Å². The molecule has 0 spiro atoms. The van der Waals surface area contributed by atoms with Gasteiger partial charge in [0.25, 0.3) is 0 Å². The molecule has 188 valence electrons. The Morgan fingerprint density at radius 3 is 1.34 bits per heavy atom. The zero-order valence-electron chi connectivity index (χ0n) is 22.0. The highest BCUT2D eigenvalue weighted by Crippen LogP contribution is 2.31. The Morgan fingerprint density at radius 1 is 0.625 bits per heavy atom. The van der Waals surface area contributed by atoms with Crippen LogP contribution in [0.5, 0.6) is 0 Å². The number of morpholine rings is 3. The van der Waals surface area contributed by atoms with Gasteiger partial charge in [0.2, 0.25) is 0 Å². The van der Waals surface area contributed by atoms with Crippen LogP contribution in [0.3, 0.4) is 0 Å². The summed E-state index contributed by atoms with van der Waals surface area (Å²) in [7, 11) is 0. The van der Waals surface area contributed by atoms with E-state index in [1.54, 1.807) is 0 Å². The summed E-state index contributed by atoms with van der Waals surface area (Å²) < 4.78 is 18.3. The average Bonchev–Trinajstić information content (AvgIpc) is 2.74. The third-order valence-corrected chi connectivity index (χ3v) is 7.83. The molecule has 6 nitrogen and oxygen atoms in total. The fraction of sp³-hybridized carbons (Fsp3) is 1.00. The molecule has 0 bridgehead atoms. The van der Waals surface area contributed by atoms with Crippen LogP contribution in [-0.2, 0) is 14.2 Å². The minimum absolute atomic E-state index is 0.181. The second kappa shape index (κ2) is 11.9. The van der Waals surface area contributed by atoms with E-state index < -0.39 is 0 Å². The fourth-order valence-electron chi connectivity index (χ4n) is 5.99. The molecule has 3 rings (SSSR count). The van der Waals surface area contributed by atoms with Crippen LogP contribution in [0, 0.1) is 0 Å². The highest BCUT2D eigenvalue weighted by atomic mass is 16.5. The highest BCUT2D eigenvalue weighted by Gasteiger charge is 2.39. The first kappa shape index (κ1) is 26.4. The topological polar surface area (TPSA) is 37.4 Å². The quantitative estimate of drug-likeness (QED) is 0.531. The number of ether oxygens (including phenoxy) is 3. The lowest BCUT2D eigenvalue weighted by atomic mass is 9.88. The van der Waals surface area contributed by atoms with Gasteiger partial charge in [0.05, 0.1) is 36.6 Å². The van der Waals surface area contributed by atoms with Gasteiger partial charge in [0.15, 0.2) is 0 Å². The first-order valence-electron chi connectivity index (χ1n) is 13.4. The Kier molecular flexibility index (Phi) is 9.84. The van der Waals surface area contributed by atoms with Crippen LogP contribution in [0.25, 0.3) is 0 Å². The normalized spacial score (nSPS) is 38.0. The Bertz CT molecular complexity index is 500. The number of nitrogens with zero attached hydrogens (tertiary/aromatic N) is 3. The molecule has 0 aromatic carbocycles. The van der Waals surface area contributed by atoms with Crippen LogP contribution in [-0.4, -0.2) is 109 Å². The van der Waals surface area contributed by atoms with Crippen molar-refractivity contribution < 1.29 is 14.2 Å². The number of hydrogen-bond acceptors (Lipinski definition) is 6. The van der Waals surface area contributed by atoms with Crippen LogP contribution in [0.1, 0.15) is 74.1 Å². The molecule has 6 unspecified atom stereocenters. The van der Waals surface area contributed by atoms with E-state index in [-0.39, 0.29) is 5.54 Å². The summed E-state index contributed by atoms with van der Waals surface area (Å²) in [5.74, 6) is 0. The van der Waals surface area contributed by atoms with Crippen LogP contribution in [0.4, 0.5) is 0 Å². The molecule has 6 heteroatoms. The lowest BCUT2D eigenvalue weighted by Gasteiger charge is -2.50. The molecular formula is C26H51N3O3. The van der Waals surface area contributed by atoms with E-state index in [1.807, 2.05) is 0 Å². The van der Waals surface area contributed by atoms with E-state index >= 15 is 0 Å². The monoisotopic (exact) mass is 453 g/mol. The molecule has 0 N–H and O–H groups in total. The standard InChI is InChI=1S/C26H51N3O3/c1-8-24-18-29(19-25(9-2)32-24)26(7,10-12-27-14-20(3)30-21(4)15-27)11-13-28-16-22(5)31-23(6)17-28/h20-25H,8-19H2,1-7H3. The molecule has 32 heavy (non-hydrogen) atoms. The van der Waals surface area contributed by atoms with Gasteiger partial charge in [-0.15, -0.1) is 0 Å². The smallest absolute Gasteiger partial charge is 0.0704 e. The lowest BCUT2D eigenvalue weighted by molar-refractivity contribution is -0.124. The molecule has 3 fully saturated rings. The van der Waals surface area contributed by atoms with Crippen molar-refractivity contribution in [3.8, 4) is 0 Å². The van der Waals surface area contributed by atoms with Crippen molar-refractivity contribution in [2.45, 2.75) is 116 Å². The van der Waals surface area contributed by atoms with Gasteiger partial charge in [-0.2, -0.15) is 0 Å². The predicted octanol–water partition coefficient (Wildman–Crippen LogP) is 3.63. The van der Waals surface area contributed by atoms with Crippen molar-refractivity contribution in [1.82, 2.24) is 14.7 Å². The summed E-state index contributed by atoms with van der Waals surface area (Å²) in [5, 5.41) is 0. The number of rotatable bonds is 9. The minimum Gasteiger partial charge on any atom is -0.373 e. The Morgan fingerprint density at radius 2 is 1.00 bits per heavy atom. The molecular weight excluding hydrogens is 402 g/mol. The second-order valence-electron chi connectivity index (χ2n) is 11.1. The maximum absolute atomic E-state index is 6.36. The van der Waals surface area contributed by atoms with Crippen molar-refractivity contribution >= 4 is 0 Å². The SMILES string of the molecule is CCC1CN(C(C)(CCN2CC(C)OC(C)C2)CCN2CC(C)OC(C)C2)CC(CC)O1. The lowest BCUT2D eigenvalue weighted by Crippen LogP contribution is -2.59. The van der Waals surface area contributed by atoms with Crippen LogP contribution < -0.4 is 0 Å². The van der Waals surface area contributed by atoms with Crippen LogP contribution in [0.15, 0.2) is 0 Å². The largest absolute Gasteiger partial charge is 0.373 e. The summed E-state index contributed by atoms with van der Waals surface area (Å²) in [5.41, 5.74) is 0.181. The molecule has 0 amide bonds. The van der Waals surface area contributed by atoms with Crippen molar-refractivity contribution in [1.29, 1.82) is 0 Å². The van der Waals surface area contributed by atoms with Crippen molar-refractivity contribution in [2.75, 3.05) is 52.4 Å². The molecule has 0 saturated carbocycles. The van der Waals surface area contributed by atoms with Gasteiger partial charge in [-0.1, -0.05) is 13.8 Å². The van der Waals surface area contributed by atoms with E-state index in [1.165, 1.54) is 12.8 Å². The third kappa shape index (κ3) is 7.38. The molecule has 3 heterocycles. The van der Waals surface area contributed by atoms with E-state index in [4.69, 9.17) is 14.2 Å². The summed E-state index contributed by atoms with van der Waals surface area (Å²) in [6.45, 7) is 24.5. The predicted molar refractivity (Wildman–Crippen MR) is 131 cm³/mol. The Labute approximate surface area is 197 Å². The van der Waals surface area contributed by atoms with Crippen molar-refractivity contribution in [3.05, 3.63) is 0 Å². The first-order valence-corrected chi connectivity index (χ1v) is 13.4. The Hall–Kier alpha value is -0.240. The van der Waals surface area contributed by atoms with Gasteiger partial charge < -0.3 is 14.2 Å². The molecule has 0 radical (unpaired) electrons. The van der Waals surface area contributed by atoms with Crippen LogP contribution in [0.2, 0.25) is 0 Å². The molecule has 3 aliphatic rings. The van der Waals surface area contributed by atoms with Gasteiger partial charge in [-0.05, 0) is 60.3 Å². The van der Waals surface area contributed by atoms with E-state index in [0.717, 1.165) is 65.2 Å². The summed E-state index contributed by atoms with van der Waals surface area (Å²) in [6, 6.07) is 0. The molecule has 3 saturated heterocycles.